The standard InChI is InChI=1S/C30H27NO4S/c1-4-35-24-17-15-23(16-18-24)26-20(2)36-29(27(26)30(33)34-3)31-28(32)25(22-13-9-6-10-14-22)19-21-11-7-5-8-12-21/h5-19H,4H2,1-3H3,(H,31,32). The van der Waals surface area contributed by atoms with Crippen LogP contribution in [0.2, 0.25) is 0 Å². The minimum Gasteiger partial charge on any atom is -0.494 e. The highest BCUT2D eigenvalue weighted by molar-refractivity contribution is 7.17. The molecule has 0 fully saturated rings. The van der Waals surface area contributed by atoms with Crippen molar-refractivity contribution in [3.63, 3.8) is 0 Å². The summed E-state index contributed by atoms with van der Waals surface area (Å²) in [6, 6.07) is 26.7. The van der Waals surface area contributed by atoms with Gasteiger partial charge in [-0.15, -0.1) is 11.3 Å². The van der Waals surface area contributed by atoms with Gasteiger partial charge in [-0.2, -0.15) is 0 Å². The fourth-order valence-corrected chi connectivity index (χ4v) is 5.01. The Morgan fingerprint density at radius 3 is 2.17 bits per heavy atom. The molecule has 0 aliphatic rings. The first-order valence-corrected chi connectivity index (χ1v) is 12.4. The van der Waals surface area contributed by atoms with E-state index in [1.165, 1.54) is 18.4 Å². The lowest BCUT2D eigenvalue weighted by Gasteiger charge is -2.11. The summed E-state index contributed by atoms with van der Waals surface area (Å²) in [5.41, 5.74) is 4.08. The van der Waals surface area contributed by atoms with E-state index >= 15 is 0 Å². The van der Waals surface area contributed by atoms with E-state index in [-0.39, 0.29) is 5.91 Å². The van der Waals surface area contributed by atoms with Gasteiger partial charge in [0.1, 0.15) is 16.3 Å². The Hall–Kier alpha value is -4.16. The number of carbonyl (C=O) groups excluding carboxylic acids is 2. The van der Waals surface area contributed by atoms with Crippen LogP contribution in [0.15, 0.2) is 84.9 Å². The number of ether oxygens (including phenoxy) is 2. The molecule has 4 aromatic rings. The molecule has 3 aromatic carbocycles. The molecule has 0 aliphatic carbocycles. The monoisotopic (exact) mass is 497 g/mol. The lowest BCUT2D eigenvalue weighted by molar-refractivity contribution is -0.111. The molecule has 0 radical (unpaired) electrons. The molecule has 1 heterocycles. The number of esters is 1. The van der Waals surface area contributed by atoms with Crippen molar-refractivity contribution in [2.24, 2.45) is 0 Å². The number of benzene rings is 3. The number of thiophene rings is 1. The number of hydrogen-bond acceptors (Lipinski definition) is 5. The third kappa shape index (κ3) is 5.56. The molecule has 0 saturated heterocycles. The average molecular weight is 498 g/mol. The Balaban J connectivity index is 1.75. The highest BCUT2D eigenvalue weighted by Crippen LogP contribution is 2.41. The highest BCUT2D eigenvalue weighted by atomic mass is 32.1. The van der Waals surface area contributed by atoms with Crippen LogP contribution in [0, 0.1) is 6.92 Å². The van der Waals surface area contributed by atoms with Crippen molar-refractivity contribution in [1.82, 2.24) is 0 Å². The third-order valence-corrected chi connectivity index (χ3v) is 6.62. The van der Waals surface area contributed by atoms with Gasteiger partial charge in [-0.1, -0.05) is 72.8 Å². The second kappa shape index (κ2) is 11.5. The van der Waals surface area contributed by atoms with Gasteiger partial charge in [-0.3, -0.25) is 4.79 Å². The number of methoxy groups -OCH3 is 1. The Kier molecular flexibility index (Phi) is 7.98. The largest absolute Gasteiger partial charge is 0.494 e. The molecule has 0 unspecified atom stereocenters. The molecular weight excluding hydrogens is 470 g/mol. The molecule has 0 aliphatic heterocycles. The lowest BCUT2D eigenvalue weighted by atomic mass is 10.0. The summed E-state index contributed by atoms with van der Waals surface area (Å²) in [5.74, 6) is -0.0673. The van der Waals surface area contributed by atoms with Crippen LogP contribution in [0.4, 0.5) is 5.00 Å². The smallest absolute Gasteiger partial charge is 0.341 e. The van der Waals surface area contributed by atoms with Crippen molar-refractivity contribution in [3.05, 3.63) is 106 Å². The molecule has 1 amide bonds. The summed E-state index contributed by atoms with van der Waals surface area (Å²) in [5, 5.41) is 3.44. The van der Waals surface area contributed by atoms with Crippen LogP contribution in [0.25, 0.3) is 22.8 Å². The first kappa shape index (κ1) is 24.9. The van der Waals surface area contributed by atoms with Crippen LogP contribution in [-0.2, 0) is 9.53 Å². The number of anilines is 1. The van der Waals surface area contributed by atoms with Crippen LogP contribution in [0.3, 0.4) is 0 Å². The van der Waals surface area contributed by atoms with E-state index < -0.39 is 5.97 Å². The van der Waals surface area contributed by atoms with Crippen LogP contribution in [0.1, 0.15) is 33.3 Å². The summed E-state index contributed by atoms with van der Waals surface area (Å²) >= 11 is 1.35. The van der Waals surface area contributed by atoms with Crippen molar-refractivity contribution in [2.75, 3.05) is 19.0 Å². The van der Waals surface area contributed by atoms with E-state index in [2.05, 4.69) is 5.32 Å². The SMILES string of the molecule is CCOc1ccc(-c2c(C)sc(NC(=O)C(=Cc3ccccc3)c3ccccc3)c2C(=O)OC)cc1. The van der Waals surface area contributed by atoms with Gasteiger partial charge in [-0.05, 0) is 48.7 Å². The second-order valence-corrected chi connectivity index (χ2v) is 9.20. The Morgan fingerprint density at radius 1 is 0.917 bits per heavy atom. The molecule has 0 saturated carbocycles. The summed E-state index contributed by atoms with van der Waals surface area (Å²) in [6.07, 6.45) is 1.84. The van der Waals surface area contributed by atoms with Gasteiger partial charge in [0.2, 0.25) is 0 Å². The van der Waals surface area contributed by atoms with Gasteiger partial charge < -0.3 is 14.8 Å². The maximum atomic E-state index is 13.6. The minimum absolute atomic E-state index is 0.310. The quantitative estimate of drug-likeness (QED) is 0.160. The molecular formula is C30H27NO4S. The first-order chi connectivity index (χ1) is 17.5. The molecule has 4 rings (SSSR count). The van der Waals surface area contributed by atoms with Crippen LogP contribution in [0.5, 0.6) is 5.75 Å². The van der Waals surface area contributed by atoms with Gasteiger partial charge in [0, 0.05) is 16.0 Å². The zero-order valence-corrected chi connectivity index (χ0v) is 21.2. The fraction of sp³-hybridized carbons (Fsp3) is 0.133. The zero-order chi connectivity index (χ0) is 25.5. The number of aryl methyl sites for hydroxylation is 1. The maximum absolute atomic E-state index is 13.6. The molecule has 0 atom stereocenters. The predicted octanol–water partition coefficient (Wildman–Crippen LogP) is 7.09. The Labute approximate surface area is 215 Å². The van der Waals surface area contributed by atoms with Crippen molar-refractivity contribution in [2.45, 2.75) is 13.8 Å². The summed E-state index contributed by atoms with van der Waals surface area (Å²) < 4.78 is 10.7. The summed E-state index contributed by atoms with van der Waals surface area (Å²) in [6.45, 7) is 4.42. The van der Waals surface area contributed by atoms with E-state index in [1.54, 1.807) is 0 Å². The summed E-state index contributed by atoms with van der Waals surface area (Å²) in [4.78, 5) is 27.4. The van der Waals surface area contributed by atoms with Crippen molar-refractivity contribution in [1.29, 1.82) is 0 Å². The zero-order valence-electron chi connectivity index (χ0n) is 20.4. The van der Waals surface area contributed by atoms with Gasteiger partial charge in [0.05, 0.1) is 13.7 Å². The molecule has 6 heteroatoms. The van der Waals surface area contributed by atoms with E-state index in [9.17, 15) is 9.59 Å². The van der Waals surface area contributed by atoms with E-state index in [0.29, 0.717) is 22.7 Å². The molecule has 0 bridgehead atoms. The van der Waals surface area contributed by atoms with Crippen LogP contribution < -0.4 is 10.1 Å². The first-order valence-electron chi connectivity index (χ1n) is 11.6. The highest BCUT2D eigenvalue weighted by Gasteiger charge is 2.26. The third-order valence-electron chi connectivity index (χ3n) is 5.59. The molecule has 182 valence electrons. The van der Waals surface area contributed by atoms with Gasteiger partial charge in [-0.25, -0.2) is 4.79 Å². The summed E-state index contributed by atoms with van der Waals surface area (Å²) in [7, 11) is 1.34. The van der Waals surface area contributed by atoms with E-state index in [1.807, 2.05) is 105 Å². The molecule has 36 heavy (non-hydrogen) atoms. The normalized spacial score (nSPS) is 11.1. The van der Waals surface area contributed by atoms with Crippen LogP contribution >= 0.6 is 11.3 Å². The topological polar surface area (TPSA) is 64.6 Å². The van der Waals surface area contributed by atoms with Crippen molar-refractivity contribution >= 4 is 39.9 Å². The molecule has 1 aromatic heterocycles. The number of nitrogens with one attached hydrogen (secondary N) is 1. The van der Waals surface area contributed by atoms with Gasteiger partial charge >= 0.3 is 5.97 Å². The number of hydrogen-bond donors (Lipinski definition) is 1. The van der Waals surface area contributed by atoms with E-state index in [0.717, 1.165) is 32.9 Å². The Morgan fingerprint density at radius 2 is 1.56 bits per heavy atom. The lowest BCUT2D eigenvalue weighted by Crippen LogP contribution is -2.15. The number of rotatable bonds is 8. The number of amides is 1. The fourth-order valence-electron chi connectivity index (χ4n) is 3.95. The van der Waals surface area contributed by atoms with Gasteiger partial charge in [0.25, 0.3) is 5.91 Å². The van der Waals surface area contributed by atoms with Gasteiger partial charge in [0.15, 0.2) is 0 Å². The van der Waals surface area contributed by atoms with Crippen molar-refractivity contribution < 1.29 is 19.1 Å². The number of carbonyl (C=O) groups is 2. The molecule has 0 spiro atoms. The van der Waals surface area contributed by atoms with Crippen molar-refractivity contribution in [3.8, 4) is 16.9 Å². The average Bonchev–Trinajstić information content (AvgIpc) is 3.23. The van der Waals surface area contributed by atoms with E-state index in [4.69, 9.17) is 9.47 Å². The Bertz CT molecular complexity index is 1370. The molecule has 1 N–H and O–H groups in total. The maximum Gasteiger partial charge on any atom is 0.341 e. The minimum atomic E-state index is -0.508. The second-order valence-electron chi connectivity index (χ2n) is 7.98. The van der Waals surface area contributed by atoms with Crippen LogP contribution in [-0.4, -0.2) is 25.6 Å². The predicted molar refractivity (Wildman–Crippen MR) is 146 cm³/mol. The molecule has 5 nitrogen and oxygen atoms in total.